The highest BCUT2D eigenvalue weighted by molar-refractivity contribution is 7.80. The second-order valence-electron chi connectivity index (χ2n) is 9.90. The van der Waals surface area contributed by atoms with Crippen LogP contribution in [-0.4, -0.2) is 72.3 Å². The number of nitrogens with two attached hydrogens (primary N) is 1. The van der Waals surface area contributed by atoms with Gasteiger partial charge in [0, 0.05) is 48.9 Å². The van der Waals surface area contributed by atoms with Crippen molar-refractivity contribution in [2.45, 2.75) is 51.1 Å². The van der Waals surface area contributed by atoms with Crippen LogP contribution in [0.5, 0.6) is 0 Å². The van der Waals surface area contributed by atoms with Crippen molar-refractivity contribution in [2.75, 3.05) is 34.6 Å². The number of nitrogens with zero attached hydrogens (tertiary/aromatic N) is 5. The highest BCUT2D eigenvalue weighted by Gasteiger charge is 2.42. The third-order valence-corrected chi connectivity index (χ3v) is 8.43. The third-order valence-electron chi connectivity index (χ3n) is 7.64. The maximum atomic E-state index is 13.5. The molecular weight excluding hydrogens is 520 g/mol. The molecule has 0 radical (unpaired) electrons. The number of aryl methyl sites for hydroxylation is 1. The molecule has 0 spiro atoms. The van der Waals surface area contributed by atoms with Crippen LogP contribution < -0.4 is 14.9 Å². The molecule has 5 rings (SSSR count). The number of carbonyl (C=O) groups is 2. The van der Waals surface area contributed by atoms with Gasteiger partial charge in [0.25, 0.3) is 0 Å². The Morgan fingerprint density at radius 2 is 1.97 bits per heavy atom. The van der Waals surface area contributed by atoms with Gasteiger partial charge in [0.1, 0.15) is 23.7 Å². The van der Waals surface area contributed by atoms with Crippen LogP contribution >= 0.6 is 0 Å². The number of hydrogen-bond acceptors (Lipinski definition) is 8. The predicted octanol–water partition coefficient (Wildman–Crippen LogP) is 2.27. The van der Waals surface area contributed by atoms with Gasteiger partial charge < -0.3 is 25.2 Å². The fraction of sp³-hybridized carbons (Fsp3) is 0.407. The number of hydrogen-bond donors (Lipinski definition) is 2. The fourth-order valence-electron chi connectivity index (χ4n) is 5.62. The Balaban J connectivity index is 1.39. The van der Waals surface area contributed by atoms with E-state index in [0.29, 0.717) is 12.2 Å². The molecule has 12 heteroatoms. The van der Waals surface area contributed by atoms with Gasteiger partial charge in [-0.1, -0.05) is 13.0 Å². The molecule has 2 aliphatic heterocycles. The molecule has 2 aliphatic rings. The molecular formula is C27H31N6O5S-. The van der Waals surface area contributed by atoms with E-state index >= 15 is 0 Å². The molecule has 1 aromatic carbocycles. The molecule has 0 saturated carbocycles. The van der Waals surface area contributed by atoms with E-state index in [9.17, 15) is 23.5 Å². The maximum Gasteiger partial charge on any atom is 0.326 e. The average molecular weight is 552 g/mol. The molecule has 39 heavy (non-hydrogen) atoms. The maximum absolute atomic E-state index is 13.5. The number of aliphatic carboxylic acids is 1. The van der Waals surface area contributed by atoms with Gasteiger partial charge in [-0.3, -0.25) is 13.3 Å². The number of carboxylic acids is 1. The average Bonchev–Trinajstić information content (AvgIpc) is 3.58. The lowest BCUT2D eigenvalue weighted by Crippen LogP contribution is -2.49. The highest BCUT2D eigenvalue weighted by atomic mass is 32.2. The molecule has 3 atom stereocenters. The van der Waals surface area contributed by atoms with Crippen LogP contribution in [0.3, 0.4) is 0 Å². The zero-order valence-electron chi connectivity index (χ0n) is 21.7. The van der Waals surface area contributed by atoms with Crippen LogP contribution in [0.2, 0.25) is 0 Å². The van der Waals surface area contributed by atoms with E-state index in [2.05, 4.69) is 14.9 Å². The Kier molecular flexibility index (Phi) is 7.67. The van der Waals surface area contributed by atoms with Crippen molar-refractivity contribution >= 4 is 51.2 Å². The van der Waals surface area contributed by atoms with Gasteiger partial charge in [0.05, 0.1) is 11.9 Å². The van der Waals surface area contributed by atoms with E-state index in [4.69, 9.17) is 5.73 Å². The first-order valence-corrected chi connectivity index (χ1v) is 14.1. The summed E-state index contributed by atoms with van der Waals surface area (Å²) in [5, 5.41) is 11.8. The minimum absolute atomic E-state index is 0.0850. The minimum Gasteiger partial charge on any atom is -0.755 e. The SMILES string of the molecule is CCc1cc2c(N)nccc2cc1C[C@H](C(=O)O)N1CC[C@H](N(c2ccc(N3CCCC3)nc2)S(=O)[O-])C1=O. The second-order valence-corrected chi connectivity index (χ2v) is 10.7. The first-order chi connectivity index (χ1) is 18.8. The lowest BCUT2D eigenvalue weighted by Gasteiger charge is -2.32. The number of likely N-dealkylation sites (tertiary alicyclic amines) is 1. The Bertz CT molecular complexity index is 1410. The van der Waals surface area contributed by atoms with Crippen LogP contribution in [0.15, 0.2) is 42.7 Å². The van der Waals surface area contributed by atoms with Crippen molar-refractivity contribution in [2.24, 2.45) is 0 Å². The van der Waals surface area contributed by atoms with Crippen LogP contribution in [0.4, 0.5) is 17.3 Å². The molecule has 0 aliphatic carbocycles. The first kappa shape index (κ1) is 26.8. The molecule has 2 fully saturated rings. The molecule has 3 N–H and O–H groups in total. The number of pyridine rings is 2. The Morgan fingerprint density at radius 3 is 2.62 bits per heavy atom. The Morgan fingerprint density at radius 1 is 1.21 bits per heavy atom. The summed E-state index contributed by atoms with van der Waals surface area (Å²) in [5.41, 5.74) is 8.02. The Labute approximate surface area is 229 Å². The van der Waals surface area contributed by atoms with Gasteiger partial charge in [-0.25, -0.2) is 14.8 Å². The topological polar surface area (TPSA) is 156 Å². The summed E-state index contributed by atoms with van der Waals surface area (Å²) in [6.45, 7) is 3.89. The number of carboxylic acid groups (broad SMARTS) is 1. The number of rotatable bonds is 9. The standard InChI is InChI=1S/C27H32N6O5S/c1-2-17-14-21-18(7-9-29-25(21)28)13-19(17)15-23(27(35)36)32-12-8-22(26(32)34)33(39(37)38)20-5-6-24(30-16-20)31-10-3-4-11-31/h5-7,9,13-14,16,22-23H,2-4,8,10-12,15H2,1H3,(H2,28,29)(H,35,36)(H,37,38)/p-1/t22-,23+/m0/s1. The third kappa shape index (κ3) is 5.26. The summed E-state index contributed by atoms with van der Waals surface area (Å²) in [7, 11) is 0. The van der Waals surface area contributed by atoms with Crippen molar-refractivity contribution in [1.82, 2.24) is 14.9 Å². The van der Waals surface area contributed by atoms with Crippen molar-refractivity contribution < 1.29 is 23.5 Å². The van der Waals surface area contributed by atoms with E-state index in [-0.39, 0.29) is 25.1 Å². The molecule has 3 aromatic rings. The molecule has 11 nitrogen and oxygen atoms in total. The van der Waals surface area contributed by atoms with Gasteiger partial charge >= 0.3 is 5.97 Å². The molecule has 206 valence electrons. The number of aromatic nitrogens is 2. The first-order valence-electron chi connectivity index (χ1n) is 13.1. The van der Waals surface area contributed by atoms with E-state index in [1.54, 1.807) is 18.3 Å². The molecule has 2 saturated heterocycles. The lowest BCUT2D eigenvalue weighted by atomic mass is 9.94. The minimum atomic E-state index is -2.76. The quantitative estimate of drug-likeness (QED) is 0.381. The van der Waals surface area contributed by atoms with Crippen molar-refractivity contribution in [3.05, 3.63) is 53.9 Å². The smallest absolute Gasteiger partial charge is 0.326 e. The zero-order chi connectivity index (χ0) is 27.7. The van der Waals surface area contributed by atoms with Crippen LogP contribution in [0, 0.1) is 0 Å². The van der Waals surface area contributed by atoms with Crippen LogP contribution in [-0.2, 0) is 33.7 Å². The predicted molar refractivity (Wildman–Crippen MR) is 148 cm³/mol. The van der Waals surface area contributed by atoms with E-state index in [0.717, 1.165) is 58.0 Å². The van der Waals surface area contributed by atoms with Crippen LogP contribution in [0.1, 0.15) is 37.3 Å². The number of anilines is 3. The number of amides is 1. The van der Waals surface area contributed by atoms with Gasteiger partial charge in [-0.2, -0.15) is 0 Å². The molecule has 0 bridgehead atoms. The molecule has 4 heterocycles. The van der Waals surface area contributed by atoms with E-state index < -0.39 is 35.2 Å². The normalized spacial score (nSPS) is 19.0. The summed E-state index contributed by atoms with van der Waals surface area (Å²) in [5.74, 6) is -0.526. The van der Waals surface area contributed by atoms with Crippen molar-refractivity contribution in [1.29, 1.82) is 0 Å². The number of fused-ring (bicyclic) bond motifs is 1. The van der Waals surface area contributed by atoms with Gasteiger partial charge in [-0.05, 0) is 66.5 Å². The zero-order valence-corrected chi connectivity index (χ0v) is 22.5. The second kappa shape index (κ2) is 11.1. The van der Waals surface area contributed by atoms with Crippen molar-refractivity contribution in [3.8, 4) is 0 Å². The van der Waals surface area contributed by atoms with E-state index in [1.807, 2.05) is 25.1 Å². The summed E-state index contributed by atoms with van der Waals surface area (Å²) < 4.78 is 25.6. The monoisotopic (exact) mass is 551 g/mol. The summed E-state index contributed by atoms with van der Waals surface area (Å²) >= 11 is -2.76. The molecule has 1 amide bonds. The number of nitrogen functional groups attached to an aromatic ring is 1. The molecule has 2 aromatic heterocycles. The summed E-state index contributed by atoms with van der Waals surface area (Å²) in [4.78, 5) is 37.9. The van der Waals surface area contributed by atoms with Gasteiger partial charge in [0.15, 0.2) is 0 Å². The van der Waals surface area contributed by atoms with Crippen molar-refractivity contribution in [3.63, 3.8) is 0 Å². The number of benzene rings is 1. The van der Waals surface area contributed by atoms with E-state index in [1.165, 1.54) is 11.1 Å². The summed E-state index contributed by atoms with van der Waals surface area (Å²) in [6, 6.07) is 6.83. The largest absolute Gasteiger partial charge is 0.755 e. The van der Waals surface area contributed by atoms with Gasteiger partial charge in [-0.15, -0.1) is 0 Å². The number of carbonyl (C=O) groups excluding carboxylic acids is 1. The van der Waals surface area contributed by atoms with Gasteiger partial charge in [0.2, 0.25) is 5.91 Å². The molecule has 1 unspecified atom stereocenters. The highest BCUT2D eigenvalue weighted by Crippen LogP contribution is 2.30. The fourth-order valence-corrected chi connectivity index (χ4v) is 6.30. The van der Waals surface area contributed by atoms with Crippen LogP contribution in [0.25, 0.3) is 10.8 Å². The lowest BCUT2D eigenvalue weighted by molar-refractivity contribution is -0.148. The summed E-state index contributed by atoms with van der Waals surface area (Å²) in [6.07, 6.45) is 6.12. The Hall–Kier alpha value is -3.77.